The molecule has 0 saturated heterocycles. The van der Waals surface area contributed by atoms with E-state index in [-0.39, 0.29) is 12.4 Å². The van der Waals surface area contributed by atoms with Gasteiger partial charge in [-0.2, -0.15) is 5.10 Å². The van der Waals surface area contributed by atoms with Gasteiger partial charge in [-0.1, -0.05) is 12.1 Å². The molecule has 2 rings (SSSR count). The van der Waals surface area contributed by atoms with Gasteiger partial charge in [-0.25, -0.2) is 10.2 Å². The molecule has 1 amide bonds. The summed E-state index contributed by atoms with van der Waals surface area (Å²) in [5.74, 6) is 0.0623. The van der Waals surface area contributed by atoms with Crippen molar-refractivity contribution in [2.24, 2.45) is 5.10 Å². The fourth-order valence-corrected chi connectivity index (χ4v) is 2.20. The minimum absolute atomic E-state index is 0.235. The zero-order chi connectivity index (χ0) is 21.2. The molecule has 0 aliphatic rings. The second kappa shape index (κ2) is 10.5. The molecule has 2 aromatic rings. The van der Waals surface area contributed by atoms with Crippen LogP contribution in [0.5, 0.6) is 23.0 Å². The van der Waals surface area contributed by atoms with Gasteiger partial charge in [0.25, 0.3) is 5.91 Å². The van der Waals surface area contributed by atoms with E-state index < -0.39 is 18.0 Å². The molecule has 0 unspecified atom stereocenters. The fourth-order valence-electron chi connectivity index (χ4n) is 2.20. The zero-order valence-electron chi connectivity index (χ0n) is 16.2. The minimum Gasteiger partial charge on any atom is -0.493 e. The lowest BCUT2D eigenvalue weighted by molar-refractivity contribution is -0.144. The molecule has 1 atom stereocenters. The van der Waals surface area contributed by atoms with Gasteiger partial charge in [0.2, 0.25) is 0 Å². The second-order valence-corrected chi connectivity index (χ2v) is 5.74. The largest absolute Gasteiger partial charge is 0.493 e. The summed E-state index contributed by atoms with van der Waals surface area (Å²) in [5, 5.41) is 12.8. The normalized spacial score (nSPS) is 11.6. The Morgan fingerprint density at radius 3 is 2.41 bits per heavy atom. The number of rotatable bonds is 10. The van der Waals surface area contributed by atoms with E-state index in [1.54, 1.807) is 42.5 Å². The summed E-state index contributed by atoms with van der Waals surface area (Å²) in [6, 6.07) is 11.8. The standard InChI is InChI=1S/C20H22N2O7/c1-13(20(24)25)29-17-9-8-14(10-18(17)27-3)11-21-22-19(23)12-28-16-7-5-4-6-15(16)26-2/h4-11,13H,12H2,1-3H3,(H,22,23)(H,24,25)/b21-11+/t13-/m1/s1. The van der Waals surface area contributed by atoms with Crippen LogP contribution in [0, 0.1) is 0 Å². The second-order valence-electron chi connectivity index (χ2n) is 5.74. The maximum atomic E-state index is 11.9. The van der Waals surface area contributed by atoms with Crippen LogP contribution >= 0.6 is 0 Å². The summed E-state index contributed by atoms with van der Waals surface area (Å²) in [6.07, 6.45) is 0.388. The number of para-hydroxylation sites is 2. The third-order valence-electron chi connectivity index (χ3n) is 3.67. The molecule has 9 heteroatoms. The van der Waals surface area contributed by atoms with E-state index in [2.05, 4.69) is 10.5 Å². The van der Waals surface area contributed by atoms with Crippen molar-refractivity contribution in [1.29, 1.82) is 0 Å². The molecule has 0 aliphatic carbocycles. The first kappa shape index (κ1) is 21.5. The smallest absolute Gasteiger partial charge is 0.344 e. The third kappa shape index (κ3) is 6.42. The molecule has 29 heavy (non-hydrogen) atoms. The Balaban J connectivity index is 1.92. The van der Waals surface area contributed by atoms with Crippen molar-refractivity contribution >= 4 is 18.1 Å². The predicted octanol–water partition coefficient (Wildman–Crippen LogP) is 2.08. The van der Waals surface area contributed by atoms with Gasteiger partial charge in [0.1, 0.15) is 0 Å². The number of ether oxygens (including phenoxy) is 4. The summed E-state index contributed by atoms with van der Waals surface area (Å²) in [6.45, 7) is 1.18. The number of benzene rings is 2. The number of hydrogen-bond acceptors (Lipinski definition) is 7. The minimum atomic E-state index is -1.09. The SMILES string of the molecule is COc1ccccc1OCC(=O)N/N=C/c1ccc(O[C@H](C)C(=O)O)c(OC)c1. The summed E-state index contributed by atoms with van der Waals surface area (Å²) < 4.78 is 21.1. The molecule has 0 aliphatic heterocycles. The number of carboxylic acid groups (broad SMARTS) is 1. The molecule has 0 bridgehead atoms. The van der Waals surface area contributed by atoms with Crippen molar-refractivity contribution in [2.45, 2.75) is 13.0 Å². The highest BCUT2D eigenvalue weighted by Crippen LogP contribution is 2.28. The Bertz CT molecular complexity index is 883. The maximum absolute atomic E-state index is 11.9. The van der Waals surface area contributed by atoms with Gasteiger partial charge in [-0.05, 0) is 42.8 Å². The van der Waals surface area contributed by atoms with E-state index in [4.69, 9.17) is 24.1 Å². The van der Waals surface area contributed by atoms with E-state index in [9.17, 15) is 9.59 Å². The van der Waals surface area contributed by atoms with Gasteiger partial charge < -0.3 is 24.1 Å². The van der Waals surface area contributed by atoms with Crippen LogP contribution in [0.15, 0.2) is 47.6 Å². The van der Waals surface area contributed by atoms with Crippen LogP contribution in [-0.4, -0.2) is 50.1 Å². The Morgan fingerprint density at radius 2 is 1.76 bits per heavy atom. The number of nitrogens with zero attached hydrogens (tertiary/aromatic N) is 1. The van der Waals surface area contributed by atoms with E-state index in [1.807, 2.05) is 0 Å². The predicted molar refractivity (Wildman–Crippen MR) is 105 cm³/mol. The van der Waals surface area contributed by atoms with Crippen LogP contribution in [0.4, 0.5) is 0 Å². The number of hydrazone groups is 1. The topological polar surface area (TPSA) is 116 Å². The van der Waals surface area contributed by atoms with Crippen LogP contribution in [0.3, 0.4) is 0 Å². The highest BCUT2D eigenvalue weighted by molar-refractivity contribution is 5.83. The first-order valence-electron chi connectivity index (χ1n) is 8.59. The highest BCUT2D eigenvalue weighted by atomic mass is 16.5. The molecule has 2 aromatic carbocycles. The average molecular weight is 402 g/mol. The van der Waals surface area contributed by atoms with Crippen LogP contribution in [-0.2, 0) is 9.59 Å². The highest BCUT2D eigenvalue weighted by Gasteiger charge is 2.15. The molecule has 0 radical (unpaired) electrons. The van der Waals surface area contributed by atoms with Gasteiger partial charge >= 0.3 is 5.97 Å². The number of nitrogens with one attached hydrogen (secondary N) is 1. The monoisotopic (exact) mass is 402 g/mol. The van der Waals surface area contributed by atoms with Crippen molar-refractivity contribution in [3.05, 3.63) is 48.0 Å². The maximum Gasteiger partial charge on any atom is 0.344 e. The summed E-state index contributed by atoms with van der Waals surface area (Å²) in [5.41, 5.74) is 2.97. The number of methoxy groups -OCH3 is 2. The van der Waals surface area contributed by atoms with Gasteiger partial charge in [0.15, 0.2) is 35.7 Å². The molecule has 0 saturated carbocycles. The van der Waals surface area contributed by atoms with Gasteiger partial charge in [0, 0.05) is 0 Å². The van der Waals surface area contributed by atoms with E-state index in [0.717, 1.165) is 0 Å². The number of aliphatic carboxylic acids is 1. The van der Waals surface area contributed by atoms with Crippen LogP contribution in [0.25, 0.3) is 0 Å². The lowest BCUT2D eigenvalue weighted by Crippen LogP contribution is -2.24. The number of carbonyl (C=O) groups excluding carboxylic acids is 1. The van der Waals surface area contributed by atoms with Crippen molar-refractivity contribution in [1.82, 2.24) is 5.43 Å². The van der Waals surface area contributed by atoms with Gasteiger partial charge in [-0.3, -0.25) is 4.79 Å². The Hall–Kier alpha value is -3.75. The van der Waals surface area contributed by atoms with E-state index in [0.29, 0.717) is 22.8 Å². The van der Waals surface area contributed by atoms with Gasteiger partial charge in [0.05, 0.1) is 20.4 Å². The summed E-state index contributed by atoms with van der Waals surface area (Å²) in [7, 11) is 2.95. The third-order valence-corrected chi connectivity index (χ3v) is 3.67. The lowest BCUT2D eigenvalue weighted by Gasteiger charge is -2.14. The quantitative estimate of drug-likeness (QED) is 0.462. The van der Waals surface area contributed by atoms with Crippen molar-refractivity contribution in [3.8, 4) is 23.0 Å². The van der Waals surface area contributed by atoms with Gasteiger partial charge in [-0.15, -0.1) is 0 Å². The number of amides is 1. The molecular weight excluding hydrogens is 380 g/mol. The lowest BCUT2D eigenvalue weighted by atomic mass is 10.2. The number of carboxylic acids is 1. The zero-order valence-corrected chi connectivity index (χ0v) is 16.2. The first-order valence-corrected chi connectivity index (χ1v) is 8.59. The van der Waals surface area contributed by atoms with E-state index in [1.165, 1.54) is 27.4 Å². The van der Waals surface area contributed by atoms with E-state index >= 15 is 0 Å². The van der Waals surface area contributed by atoms with Crippen LogP contribution in [0.2, 0.25) is 0 Å². The Kier molecular flexibility index (Phi) is 7.84. The molecule has 0 heterocycles. The van der Waals surface area contributed by atoms with Crippen LogP contribution in [0.1, 0.15) is 12.5 Å². The van der Waals surface area contributed by atoms with Crippen molar-refractivity contribution in [2.75, 3.05) is 20.8 Å². The summed E-state index contributed by atoms with van der Waals surface area (Å²) in [4.78, 5) is 22.8. The number of hydrogen-bond donors (Lipinski definition) is 2. The molecule has 0 fully saturated rings. The Labute approximate surface area is 167 Å². The van der Waals surface area contributed by atoms with Crippen molar-refractivity contribution in [3.63, 3.8) is 0 Å². The van der Waals surface area contributed by atoms with Crippen LogP contribution < -0.4 is 24.4 Å². The molecule has 0 aromatic heterocycles. The molecule has 9 nitrogen and oxygen atoms in total. The summed E-state index contributed by atoms with van der Waals surface area (Å²) >= 11 is 0. The first-order chi connectivity index (χ1) is 13.9. The number of carbonyl (C=O) groups is 2. The average Bonchev–Trinajstić information content (AvgIpc) is 2.73. The molecule has 154 valence electrons. The molecule has 0 spiro atoms. The molecular formula is C20H22N2O7. The Morgan fingerprint density at radius 1 is 1.07 bits per heavy atom. The fraction of sp³-hybridized carbons (Fsp3) is 0.250. The van der Waals surface area contributed by atoms with Crippen molar-refractivity contribution < 1.29 is 33.6 Å². The molecule has 2 N–H and O–H groups in total.